The molecule has 2 saturated heterocycles. The molecule has 2 unspecified atom stereocenters. The number of hydrogen-bond acceptors (Lipinski definition) is 5. The highest BCUT2D eigenvalue weighted by atomic mass is 35.5. The number of nitrogens with zero attached hydrogens (tertiary/aromatic N) is 3. The van der Waals surface area contributed by atoms with Crippen molar-refractivity contribution in [1.29, 1.82) is 0 Å². The van der Waals surface area contributed by atoms with Gasteiger partial charge in [-0.3, -0.25) is 14.3 Å². The quantitative estimate of drug-likeness (QED) is 0.392. The van der Waals surface area contributed by atoms with E-state index in [1.54, 1.807) is 0 Å². The van der Waals surface area contributed by atoms with Gasteiger partial charge < -0.3 is 16.0 Å². The average Bonchev–Trinajstić information content (AvgIpc) is 3.15. The number of halogens is 5. The Morgan fingerprint density at radius 1 is 1.12 bits per heavy atom. The van der Waals surface area contributed by atoms with Crippen molar-refractivity contribution >= 4 is 34.8 Å². The Kier molecular flexibility index (Phi) is 4.54. The molecule has 0 radical (unpaired) electrons. The second-order valence-electron chi connectivity index (χ2n) is 8.66. The summed E-state index contributed by atoms with van der Waals surface area (Å²) in [5.41, 5.74) is 13.0. The first-order valence-electron chi connectivity index (χ1n) is 9.90. The molecular formula is C21H15Cl2F3N4O3. The first-order chi connectivity index (χ1) is 15.4. The summed E-state index contributed by atoms with van der Waals surface area (Å²) in [6.07, 6.45) is -4.68. The van der Waals surface area contributed by atoms with Gasteiger partial charge in [0.15, 0.2) is 0 Å². The summed E-state index contributed by atoms with van der Waals surface area (Å²) < 4.78 is 42.1. The van der Waals surface area contributed by atoms with Gasteiger partial charge in [-0.05, 0) is 42.7 Å². The molecule has 2 aliphatic carbocycles. The van der Waals surface area contributed by atoms with Crippen LogP contribution in [0.2, 0.25) is 10.3 Å². The number of Topliss-reactive ketones (excluding diaryl/α,β-unsaturated/α-hetero) is 2. The summed E-state index contributed by atoms with van der Waals surface area (Å²) in [6, 6.07) is 7.09. The average molecular weight is 499 g/mol. The molecule has 1 aromatic heterocycles. The molecule has 33 heavy (non-hydrogen) atoms. The third-order valence-electron chi connectivity index (χ3n) is 6.95. The molecule has 1 spiro atoms. The van der Waals surface area contributed by atoms with Crippen LogP contribution in [0.4, 0.5) is 13.2 Å². The van der Waals surface area contributed by atoms with Crippen LogP contribution in [-0.2, 0) is 21.5 Å². The summed E-state index contributed by atoms with van der Waals surface area (Å²) in [5, 5.41) is -0.102. The number of carbonyl (C=O) groups is 2. The molecule has 2 saturated carbocycles. The van der Waals surface area contributed by atoms with Gasteiger partial charge in [0.05, 0.1) is 0 Å². The fourth-order valence-corrected chi connectivity index (χ4v) is 6.39. The zero-order valence-electron chi connectivity index (χ0n) is 16.7. The lowest BCUT2D eigenvalue weighted by Gasteiger charge is -2.44. The number of alkyl halides is 3. The summed E-state index contributed by atoms with van der Waals surface area (Å²) in [4.78, 5) is 31.4. The second-order valence-corrected chi connectivity index (χ2v) is 9.44. The van der Waals surface area contributed by atoms with E-state index >= 15 is 0 Å². The Morgan fingerprint density at radius 3 is 2.27 bits per heavy atom. The zero-order valence-corrected chi connectivity index (χ0v) is 18.2. The summed E-state index contributed by atoms with van der Waals surface area (Å²) in [5.74, 6) is -1.48. The normalized spacial score (nSPS) is 32.7. The zero-order chi connectivity index (χ0) is 24.0. The number of hydrogen-bond donors (Lipinski definition) is 1. The molecule has 2 aliphatic heterocycles. The monoisotopic (exact) mass is 498 g/mol. The molecule has 7 nitrogen and oxygen atoms in total. The molecule has 172 valence electrons. The molecular weight excluding hydrogens is 484 g/mol. The molecule has 2 aromatic rings. The van der Waals surface area contributed by atoms with Gasteiger partial charge in [0, 0.05) is 18.0 Å². The number of pyridine rings is 1. The molecule has 1 aromatic carbocycles. The van der Waals surface area contributed by atoms with E-state index in [1.165, 1.54) is 24.3 Å². The molecule has 4 fully saturated rings. The molecule has 0 amide bonds. The predicted molar refractivity (Wildman–Crippen MR) is 109 cm³/mol. The molecule has 4 atom stereocenters. The van der Waals surface area contributed by atoms with Gasteiger partial charge in [-0.15, -0.1) is 13.2 Å². The Morgan fingerprint density at radius 2 is 1.73 bits per heavy atom. The highest BCUT2D eigenvalue weighted by molar-refractivity contribution is 6.33. The van der Waals surface area contributed by atoms with Crippen LogP contribution in [0.3, 0.4) is 0 Å². The number of carbonyl (C=O) groups excluding carboxylic acids is 2. The second kappa shape index (κ2) is 6.74. The maximum absolute atomic E-state index is 14.0. The molecule has 2 bridgehead atoms. The van der Waals surface area contributed by atoms with Gasteiger partial charge >= 0.3 is 11.9 Å². The maximum Gasteiger partial charge on any atom is 0.573 e. The Hall–Kier alpha value is -2.56. The van der Waals surface area contributed by atoms with E-state index in [4.69, 9.17) is 28.9 Å². The first-order valence-corrected chi connectivity index (χ1v) is 10.7. The third kappa shape index (κ3) is 2.71. The van der Waals surface area contributed by atoms with E-state index in [0.717, 1.165) is 16.8 Å². The lowest BCUT2D eigenvalue weighted by atomic mass is 9.68. The fourth-order valence-electron chi connectivity index (χ4n) is 5.93. The summed E-state index contributed by atoms with van der Waals surface area (Å²) >= 11 is 12.0. The number of aromatic nitrogens is 1. The molecule has 12 heteroatoms. The van der Waals surface area contributed by atoms with Crippen molar-refractivity contribution in [3.63, 3.8) is 0 Å². The minimum Gasteiger partial charge on any atom is -0.504 e. The smallest absolute Gasteiger partial charge is 0.504 e. The topological polar surface area (TPSA) is 108 Å². The standard InChI is InChI=1S/C21H15Cl2F3N4O3/c22-14-5-11(6-15(23)29-14)20-16(31)18(8-12(27)9-19(18,17(20)32)30(20)28)7-10-1-3-13(4-2-10)33-21(24,25)26/h1-6,12H,7-9,27H2/t12-,18-,19?,20?/m0/s1. The van der Waals surface area contributed by atoms with Crippen LogP contribution in [0.5, 0.6) is 5.75 Å². The van der Waals surface area contributed by atoms with Gasteiger partial charge in [-0.1, -0.05) is 35.3 Å². The van der Waals surface area contributed by atoms with Crippen molar-refractivity contribution < 1.29 is 32.2 Å². The van der Waals surface area contributed by atoms with Crippen LogP contribution in [0, 0.1) is 5.41 Å². The Balaban J connectivity index is 1.58. The van der Waals surface area contributed by atoms with Crippen LogP contribution >= 0.6 is 23.2 Å². The molecule has 6 rings (SSSR count). The lowest BCUT2D eigenvalue weighted by molar-refractivity contribution is -0.693. The minimum absolute atomic E-state index is 0.0110. The first kappa shape index (κ1) is 22.2. The van der Waals surface area contributed by atoms with Gasteiger partial charge in [0.1, 0.15) is 21.5 Å². The number of ether oxygens (including phenoxy) is 1. The highest BCUT2D eigenvalue weighted by Crippen LogP contribution is 2.70. The predicted octanol–water partition coefficient (Wildman–Crippen LogP) is 3.77. The number of nitrogens with two attached hydrogens (primary N) is 1. The van der Waals surface area contributed by atoms with Gasteiger partial charge in [-0.25, -0.2) is 4.98 Å². The number of ketones is 2. The number of benzene rings is 1. The molecule has 3 heterocycles. The SMILES string of the molecule is [N-]=[N+]1C2(c3cc(Cl)nc(Cl)c3)C(=O)C13C[C@@H](N)C[C@@]3(Cc1ccc(OC(F)(F)F)cc1)C2=O. The van der Waals surface area contributed by atoms with Crippen molar-refractivity contribution in [3.05, 3.63) is 63.4 Å². The van der Waals surface area contributed by atoms with Gasteiger partial charge in [0.25, 0.3) is 5.78 Å². The van der Waals surface area contributed by atoms with E-state index in [0.29, 0.717) is 5.56 Å². The number of rotatable bonds is 4. The van der Waals surface area contributed by atoms with E-state index in [1.807, 2.05) is 0 Å². The Labute approximate surface area is 195 Å². The summed E-state index contributed by atoms with van der Waals surface area (Å²) in [7, 11) is 0. The van der Waals surface area contributed by atoms with E-state index < -0.39 is 46.2 Å². The molecule has 2 N–H and O–H groups in total. The largest absolute Gasteiger partial charge is 0.573 e. The third-order valence-corrected chi connectivity index (χ3v) is 7.34. The van der Waals surface area contributed by atoms with Gasteiger partial charge in [-0.2, -0.15) is 0 Å². The molecule has 4 aliphatic rings. The van der Waals surface area contributed by atoms with Crippen LogP contribution in [-0.4, -0.2) is 39.2 Å². The van der Waals surface area contributed by atoms with Crippen molar-refractivity contribution in [2.24, 2.45) is 11.1 Å². The van der Waals surface area contributed by atoms with E-state index in [9.17, 15) is 28.3 Å². The van der Waals surface area contributed by atoms with E-state index in [2.05, 4.69) is 9.72 Å². The maximum atomic E-state index is 14.0. The van der Waals surface area contributed by atoms with E-state index in [-0.39, 0.29) is 35.1 Å². The van der Waals surface area contributed by atoms with Crippen LogP contribution in [0.1, 0.15) is 24.0 Å². The van der Waals surface area contributed by atoms with Gasteiger partial charge in [0.2, 0.25) is 11.3 Å². The van der Waals surface area contributed by atoms with Crippen LogP contribution < -0.4 is 10.5 Å². The minimum atomic E-state index is -4.84. The van der Waals surface area contributed by atoms with Crippen molar-refractivity contribution in [2.75, 3.05) is 0 Å². The lowest BCUT2D eigenvalue weighted by Crippen LogP contribution is -2.70. The van der Waals surface area contributed by atoms with Crippen molar-refractivity contribution in [1.82, 2.24) is 4.98 Å². The van der Waals surface area contributed by atoms with Crippen LogP contribution in [0.25, 0.3) is 5.53 Å². The van der Waals surface area contributed by atoms with Crippen LogP contribution in [0.15, 0.2) is 36.4 Å². The van der Waals surface area contributed by atoms with Crippen molar-refractivity contribution in [3.8, 4) is 5.75 Å². The van der Waals surface area contributed by atoms with Crippen molar-refractivity contribution in [2.45, 2.75) is 42.7 Å². The Bertz CT molecular complexity index is 1200. The summed E-state index contributed by atoms with van der Waals surface area (Å²) in [6.45, 7) is 0. The highest BCUT2D eigenvalue weighted by Gasteiger charge is 2.96. The fraction of sp³-hybridized carbons (Fsp3) is 0.381.